The molecule has 134 valence electrons. The standard InChI is InChI=1S/C24H22OP2/c25-26(21-13-5-1-6-14-21)27(22-15-7-2-8-16-22,23-17-9-3-10-18-23)24-19-11-4-12-20-24/h1-20,26-27H. The summed E-state index contributed by atoms with van der Waals surface area (Å²) < 4.78 is 14.3. The molecule has 0 saturated carbocycles. The van der Waals surface area contributed by atoms with Crippen LogP contribution in [0, 0.1) is 0 Å². The van der Waals surface area contributed by atoms with Crippen LogP contribution in [0.3, 0.4) is 0 Å². The van der Waals surface area contributed by atoms with E-state index in [2.05, 4.69) is 72.8 Å². The Kier molecular flexibility index (Phi) is 5.35. The Labute approximate surface area is 161 Å². The molecule has 0 aliphatic heterocycles. The van der Waals surface area contributed by atoms with Gasteiger partial charge < -0.3 is 0 Å². The monoisotopic (exact) mass is 388 g/mol. The Bertz CT molecular complexity index is 920. The fourth-order valence-corrected chi connectivity index (χ4v) is 14.2. The summed E-state index contributed by atoms with van der Waals surface area (Å²) in [6, 6.07) is 41.3. The first kappa shape index (κ1) is 17.9. The van der Waals surface area contributed by atoms with Gasteiger partial charge in [-0.3, -0.25) is 0 Å². The molecule has 0 aromatic heterocycles. The summed E-state index contributed by atoms with van der Waals surface area (Å²) in [5.74, 6) is 0. The minimum atomic E-state index is -2.72. The van der Waals surface area contributed by atoms with E-state index in [0.29, 0.717) is 0 Å². The zero-order valence-corrected chi connectivity index (χ0v) is 17.0. The molecule has 1 nitrogen and oxygen atoms in total. The summed E-state index contributed by atoms with van der Waals surface area (Å²) >= 11 is 0. The van der Waals surface area contributed by atoms with Crippen molar-refractivity contribution in [2.45, 2.75) is 0 Å². The second-order valence-electron chi connectivity index (χ2n) is 6.54. The molecule has 0 amide bonds. The molecule has 4 aromatic rings. The van der Waals surface area contributed by atoms with Gasteiger partial charge in [0.05, 0.1) is 0 Å². The zero-order valence-electron chi connectivity index (χ0n) is 15.0. The van der Waals surface area contributed by atoms with Crippen LogP contribution in [0.25, 0.3) is 0 Å². The molecule has 4 rings (SSSR count). The third kappa shape index (κ3) is 3.30. The Balaban J connectivity index is 2.08. The van der Waals surface area contributed by atoms with Gasteiger partial charge in [0.1, 0.15) is 0 Å². The van der Waals surface area contributed by atoms with E-state index in [4.69, 9.17) is 0 Å². The van der Waals surface area contributed by atoms with Crippen molar-refractivity contribution in [3.63, 3.8) is 0 Å². The SMILES string of the molecule is O=[PH](c1ccccc1)[PH](c1ccccc1)(c1ccccc1)c1ccccc1. The van der Waals surface area contributed by atoms with E-state index in [0.717, 1.165) is 5.30 Å². The fraction of sp³-hybridized carbons (Fsp3) is 0. The molecule has 0 saturated heterocycles. The fourth-order valence-electron chi connectivity index (χ4n) is 3.76. The molecule has 0 radical (unpaired) electrons. The average molecular weight is 388 g/mol. The summed E-state index contributed by atoms with van der Waals surface area (Å²) in [4.78, 5) is 0. The Morgan fingerprint density at radius 2 is 0.741 bits per heavy atom. The van der Waals surface area contributed by atoms with E-state index in [-0.39, 0.29) is 0 Å². The first-order valence-corrected chi connectivity index (χ1v) is 13.5. The quantitative estimate of drug-likeness (QED) is 0.460. The van der Waals surface area contributed by atoms with Gasteiger partial charge in [-0.2, -0.15) is 0 Å². The molecule has 0 spiro atoms. The van der Waals surface area contributed by atoms with Crippen LogP contribution < -0.4 is 21.2 Å². The van der Waals surface area contributed by atoms with Crippen LogP contribution in [0.5, 0.6) is 0 Å². The van der Waals surface area contributed by atoms with Crippen molar-refractivity contribution in [2.75, 3.05) is 0 Å². The van der Waals surface area contributed by atoms with Gasteiger partial charge in [0.25, 0.3) is 0 Å². The number of hydrogen-bond donors (Lipinski definition) is 0. The van der Waals surface area contributed by atoms with Gasteiger partial charge in [-0.25, -0.2) is 0 Å². The molecule has 0 N–H and O–H groups in total. The first-order valence-electron chi connectivity index (χ1n) is 9.10. The predicted molar refractivity (Wildman–Crippen MR) is 122 cm³/mol. The van der Waals surface area contributed by atoms with Gasteiger partial charge in [-0.15, -0.1) is 0 Å². The van der Waals surface area contributed by atoms with Gasteiger partial charge in [0.15, 0.2) is 0 Å². The third-order valence-electron chi connectivity index (χ3n) is 5.00. The van der Waals surface area contributed by atoms with Crippen LogP contribution in [0.4, 0.5) is 0 Å². The summed E-state index contributed by atoms with van der Waals surface area (Å²) in [6.07, 6.45) is 0. The number of hydrogen-bond acceptors (Lipinski definition) is 1. The van der Waals surface area contributed by atoms with E-state index in [1.807, 2.05) is 48.5 Å². The Hall–Kier alpha value is -2.46. The maximum atomic E-state index is 14.3. The van der Waals surface area contributed by atoms with E-state index in [1.54, 1.807) is 0 Å². The van der Waals surface area contributed by atoms with Crippen molar-refractivity contribution in [1.82, 2.24) is 0 Å². The molecule has 3 heteroatoms. The topological polar surface area (TPSA) is 17.1 Å². The van der Waals surface area contributed by atoms with Crippen LogP contribution in [-0.2, 0) is 4.57 Å². The zero-order chi connectivity index (χ0) is 18.5. The molecular formula is C24H22OP2. The summed E-state index contributed by atoms with van der Waals surface area (Å²) in [6.45, 7) is -2.72. The van der Waals surface area contributed by atoms with Gasteiger partial charge in [-0.1, -0.05) is 0 Å². The molecular weight excluding hydrogens is 366 g/mol. The summed E-state index contributed by atoms with van der Waals surface area (Å²) in [5, 5.41) is 4.52. The Morgan fingerprint density at radius 1 is 0.444 bits per heavy atom. The second-order valence-corrected chi connectivity index (χ2v) is 14.6. The Morgan fingerprint density at radius 3 is 1.07 bits per heavy atom. The van der Waals surface area contributed by atoms with Crippen LogP contribution in [0.1, 0.15) is 0 Å². The summed E-state index contributed by atoms with van der Waals surface area (Å²) in [7, 11) is -2.13. The van der Waals surface area contributed by atoms with E-state index in [9.17, 15) is 4.57 Å². The molecule has 0 fully saturated rings. The first-order chi connectivity index (χ1) is 13.3. The van der Waals surface area contributed by atoms with Crippen molar-refractivity contribution >= 4 is 35.7 Å². The molecule has 1 unspecified atom stereocenters. The number of benzene rings is 4. The van der Waals surface area contributed by atoms with Crippen LogP contribution in [-0.4, -0.2) is 0 Å². The molecule has 4 aromatic carbocycles. The van der Waals surface area contributed by atoms with Crippen molar-refractivity contribution in [3.05, 3.63) is 121 Å². The van der Waals surface area contributed by atoms with Crippen molar-refractivity contribution < 1.29 is 4.57 Å². The molecule has 27 heavy (non-hydrogen) atoms. The maximum absolute atomic E-state index is 14.3. The van der Waals surface area contributed by atoms with Crippen LogP contribution in [0.15, 0.2) is 121 Å². The van der Waals surface area contributed by atoms with Crippen molar-refractivity contribution in [2.24, 2.45) is 0 Å². The third-order valence-corrected chi connectivity index (χ3v) is 15.6. The van der Waals surface area contributed by atoms with Crippen LogP contribution >= 0.6 is 14.4 Å². The molecule has 0 bridgehead atoms. The van der Waals surface area contributed by atoms with E-state index < -0.39 is 14.4 Å². The van der Waals surface area contributed by atoms with Crippen molar-refractivity contribution in [3.8, 4) is 0 Å². The second kappa shape index (κ2) is 8.05. The normalized spacial score (nSPS) is 13.0. The minimum absolute atomic E-state index is 0.950. The van der Waals surface area contributed by atoms with Crippen molar-refractivity contribution in [1.29, 1.82) is 0 Å². The van der Waals surface area contributed by atoms with E-state index in [1.165, 1.54) is 15.9 Å². The number of rotatable bonds is 5. The van der Waals surface area contributed by atoms with Gasteiger partial charge in [0, 0.05) is 0 Å². The molecule has 1 atom stereocenters. The van der Waals surface area contributed by atoms with E-state index >= 15 is 0 Å². The predicted octanol–water partition coefficient (Wildman–Crippen LogP) is 4.51. The summed E-state index contributed by atoms with van der Waals surface area (Å²) in [5.41, 5.74) is 0. The molecule has 0 heterocycles. The van der Waals surface area contributed by atoms with Gasteiger partial charge in [0.2, 0.25) is 0 Å². The van der Waals surface area contributed by atoms with Gasteiger partial charge in [-0.05, 0) is 0 Å². The average Bonchev–Trinajstić information content (AvgIpc) is 2.77. The molecule has 0 aliphatic carbocycles. The molecule has 0 aliphatic rings. The van der Waals surface area contributed by atoms with Crippen LogP contribution in [0.2, 0.25) is 0 Å². The van der Waals surface area contributed by atoms with Gasteiger partial charge >= 0.3 is 162 Å².